The average Bonchev–Trinajstić information content (AvgIpc) is 2.78. The molecule has 2 aromatic rings. The van der Waals surface area contributed by atoms with E-state index in [1.807, 2.05) is 0 Å². The molecule has 0 spiro atoms. The number of aromatic nitrogens is 2. The Morgan fingerprint density at radius 2 is 2.06 bits per heavy atom. The molecule has 32 heavy (non-hydrogen) atoms. The third-order valence-electron chi connectivity index (χ3n) is 4.38. The quantitative estimate of drug-likeness (QED) is 0.578. The molecule has 0 fully saturated rings. The molecule has 0 aliphatic carbocycles. The van der Waals surface area contributed by atoms with Gasteiger partial charge in [-0.1, -0.05) is 18.2 Å². The summed E-state index contributed by atoms with van der Waals surface area (Å²) < 4.78 is 15.7. The third-order valence-corrected chi connectivity index (χ3v) is 4.62. The number of Topliss-reactive ketones (excluding diaryl/α,β-unsaturated/α-hetero) is 1. The van der Waals surface area contributed by atoms with Crippen LogP contribution in [0.3, 0.4) is 0 Å². The van der Waals surface area contributed by atoms with Crippen molar-refractivity contribution in [1.82, 2.24) is 20.6 Å². The molecule has 1 atom stereocenters. The Morgan fingerprint density at radius 3 is 2.78 bits per heavy atom. The molecule has 1 aromatic heterocycles. The number of benzene rings is 1. The van der Waals surface area contributed by atoms with Crippen LogP contribution in [0.5, 0.6) is 17.5 Å². The molecule has 0 bridgehead atoms. The van der Waals surface area contributed by atoms with Crippen LogP contribution in [0.25, 0.3) is 0 Å². The summed E-state index contributed by atoms with van der Waals surface area (Å²) in [7, 11) is 1.44. The fourth-order valence-corrected chi connectivity index (χ4v) is 2.97. The number of carbonyl (C=O) groups excluding carboxylic acids is 3. The van der Waals surface area contributed by atoms with Gasteiger partial charge >= 0.3 is 6.01 Å². The Labute approximate surface area is 188 Å². The van der Waals surface area contributed by atoms with Crippen LogP contribution in [0.1, 0.15) is 23.2 Å². The Hall–Kier alpha value is -3.66. The SMILES string of the molecule is C=C(CCNC(=O)COc1cnc(OC)nc1)NC(=O)[C@H]1CC(=O)c2cc(Cl)ccc2O1. The lowest BCUT2D eigenvalue weighted by molar-refractivity contribution is -0.127. The summed E-state index contributed by atoms with van der Waals surface area (Å²) in [6.45, 7) is 3.77. The van der Waals surface area contributed by atoms with Crippen LogP contribution in [0.15, 0.2) is 42.9 Å². The number of nitrogens with zero attached hydrogens (tertiary/aromatic N) is 2. The van der Waals surface area contributed by atoms with E-state index in [0.717, 1.165) is 0 Å². The second-order valence-corrected chi connectivity index (χ2v) is 7.20. The number of methoxy groups -OCH3 is 1. The maximum Gasteiger partial charge on any atom is 0.316 e. The summed E-state index contributed by atoms with van der Waals surface area (Å²) >= 11 is 5.90. The number of carbonyl (C=O) groups is 3. The Kier molecular flexibility index (Phi) is 7.61. The first-order valence-electron chi connectivity index (χ1n) is 9.59. The summed E-state index contributed by atoms with van der Waals surface area (Å²) in [5, 5.41) is 5.67. The number of nitrogens with one attached hydrogen (secondary N) is 2. The predicted octanol–water partition coefficient (Wildman–Crippen LogP) is 1.69. The highest BCUT2D eigenvalue weighted by Crippen LogP contribution is 2.30. The smallest absolute Gasteiger partial charge is 0.316 e. The number of hydrogen-bond donors (Lipinski definition) is 2. The van der Waals surface area contributed by atoms with Crippen molar-refractivity contribution in [2.24, 2.45) is 0 Å². The van der Waals surface area contributed by atoms with Crippen LogP contribution in [-0.2, 0) is 9.59 Å². The van der Waals surface area contributed by atoms with Gasteiger partial charge in [0.2, 0.25) is 0 Å². The van der Waals surface area contributed by atoms with Crippen LogP contribution < -0.4 is 24.8 Å². The van der Waals surface area contributed by atoms with Crippen LogP contribution in [0, 0.1) is 0 Å². The number of hydrogen-bond acceptors (Lipinski definition) is 8. The molecule has 2 amide bonds. The lowest BCUT2D eigenvalue weighted by atomic mass is 10.0. The summed E-state index contributed by atoms with van der Waals surface area (Å²) in [5.74, 6) is -0.446. The van der Waals surface area contributed by atoms with Crippen molar-refractivity contribution < 1.29 is 28.6 Å². The molecule has 0 unspecified atom stereocenters. The van der Waals surface area contributed by atoms with Gasteiger partial charge in [0.1, 0.15) is 5.75 Å². The Morgan fingerprint density at radius 1 is 1.31 bits per heavy atom. The van der Waals surface area contributed by atoms with E-state index >= 15 is 0 Å². The molecule has 10 nitrogen and oxygen atoms in total. The first-order chi connectivity index (χ1) is 15.4. The molecule has 0 radical (unpaired) electrons. The minimum atomic E-state index is -0.970. The first kappa shape index (κ1) is 23.0. The van der Waals surface area contributed by atoms with Crippen molar-refractivity contribution in [2.45, 2.75) is 18.9 Å². The fraction of sp³-hybridized carbons (Fsp3) is 0.286. The van der Waals surface area contributed by atoms with Gasteiger partial charge in [0, 0.05) is 23.7 Å². The molecule has 0 saturated carbocycles. The van der Waals surface area contributed by atoms with Gasteiger partial charge in [-0.15, -0.1) is 0 Å². The lowest BCUT2D eigenvalue weighted by Crippen LogP contribution is -2.42. The Bertz CT molecular complexity index is 1030. The monoisotopic (exact) mass is 460 g/mol. The van der Waals surface area contributed by atoms with E-state index in [1.54, 1.807) is 12.1 Å². The van der Waals surface area contributed by atoms with Crippen molar-refractivity contribution in [2.75, 3.05) is 20.3 Å². The predicted molar refractivity (Wildman–Crippen MR) is 114 cm³/mol. The summed E-state index contributed by atoms with van der Waals surface area (Å²) in [5.41, 5.74) is 0.726. The third kappa shape index (κ3) is 6.17. The van der Waals surface area contributed by atoms with Gasteiger partial charge in [-0.2, -0.15) is 9.97 Å². The first-order valence-corrected chi connectivity index (χ1v) is 9.97. The number of ether oxygens (including phenoxy) is 3. The molecule has 1 aliphatic heterocycles. The molecule has 168 valence electrons. The van der Waals surface area contributed by atoms with Crippen LogP contribution in [0.2, 0.25) is 5.02 Å². The number of halogens is 1. The zero-order chi connectivity index (χ0) is 23.1. The zero-order valence-electron chi connectivity index (χ0n) is 17.2. The average molecular weight is 461 g/mol. The van der Waals surface area contributed by atoms with Gasteiger partial charge in [0.25, 0.3) is 11.8 Å². The van der Waals surface area contributed by atoms with E-state index in [4.69, 9.17) is 25.8 Å². The highest BCUT2D eigenvalue weighted by atomic mass is 35.5. The molecule has 2 heterocycles. The largest absolute Gasteiger partial charge is 0.481 e. The van der Waals surface area contributed by atoms with Gasteiger partial charge < -0.3 is 24.8 Å². The van der Waals surface area contributed by atoms with Crippen LogP contribution in [0.4, 0.5) is 0 Å². The van der Waals surface area contributed by atoms with Crippen molar-refractivity contribution >= 4 is 29.2 Å². The highest BCUT2D eigenvalue weighted by molar-refractivity contribution is 6.31. The summed E-state index contributed by atoms with van der Waals surface area (Å²) in [6, 6.07) is 4.85. The second kappa shape index (κ2) is 10.6. The molecular weight excluding hydrogens is 440 g/mol. The minimum absolute atomic E-state index is 0.102. The molecule has 1 aliphatic rings. The van der Waals surface area contributed by atoms with Gasteiger partial charge in [-0.05, 0) is 18.2 Å². The molecule has 3 rings (SSSR count). The molecule has 11 heteroatoms. The van der Waals surface area contributed by atoms with E-state index in [-0.39, 0.29) is 43.7 Å². The van der Waals surface area contributed by atoms with Crippen LogP contribution in [-0.4, -0.2) is 53.9 Å². The molecular formula is C21H21ClN4O6. The molecule has 2 N–H and O–H groups in total. The van der Waals surface area contributed by atoms with Crippen molar-refractivity contribution in [3.05, 3.63) is 53.5 Å². The fourth-order valence-electron chi connectivity index (χ4n) is 2.80. The van der Waals surface area contributed by atoms with E-state index < -0.39 is 12.0 Å². The Balaban J connectivity index is 1.38. The zero-order valence-corrected chi connectivity index (χ0v) is 18.0. The van der Waals surface area contributed by atoms with Gasteiger partial charge in [-0.25, -0.2) is 0 Å². The highest BCUT2D eigenvalue weighted by Gasteiger charge is 2.31. The van der Waals surface area contributed by atoms with Gasteiger partial charge in [0.15, 0.2) is 24.2 Å². The topological polar surface area (TPSA) is 129 Å². The molecule has 1 aromatic carbocycles. The van der Waals surface area contributed by atoms with Crippen molar-refractivity contribution in [1.29, 1.82) is 0 Å². The maximum absolute atomic E-state index is 12.4. The second-order valence-electron chi connectivity index (χ2n) is 6.76. The lowest BCUT2D eigenvalue weighted by Gasteiger charge is -2.24. The van der Waals surface area contributed by atoms with Gasteiger partial charge in [0.05, 0.1) is 31.5 Å². The van der Waals surface area contributed by atoms with Crippen LogP contribution >= 0.6 is 11.6 Å². The summed E-state index contributed by atoms with van der Waals surface area (Å²) in [4.78, 5) is 44.3. The minimum Gasteiger partial charge on any atom is -0.481 e. The van der Waals surface area contributed by atoms with Crippen molar-refractivity contribution in [3.8, 4) is 17.5 Å². The standard InChI is InChI=1S/C21H21ClN4O6/c1-12(5-6-23-19(28)11-31-14-9-24-21(30-2)25-10-14)26-20(29)18-8-16(27)15-7-13(22)3-4-17(15)32-18/h3-4,7,9-10,18H,1,5-6,8,11H2,2H3,(H,23,28)(H,26,29)/t18-/m1/s1. The number of amides is 2. The summed E-state index contributed by atoms with van der Waals surface area (Å²) in [6.07, 6.45) is 2.00. The maximum atomic E-state index is 12.4. The molecule has 0 saturated heterocycles. The van der Waals surface area contributed by atoms with E-state index in [0.29, 0.717) is 27.8 Å². The van der Waals surface area contributed by atoms with Crippen molar-refractivity contribution in [3.63, 3.8) is 0 Å². The number of ketones is 1. The van der Waals surface area contributed by atoms with Gasteiger partial charge in [-0.3, -0.25) is 14.4 Å². The van der Waals surface area contributed by atoms with E-state index in [1.165, 1.54) is 25.6 Å². The number of rotatable bonds is 9. The van der Waals surface area contributed by atoms with E-state index in [2.05, 4.69) is 27.2 Å². The van der Waals surface area contributed by atoms with E-state index in [9.17, 15) is 14.4 Å². The normalized spacial score (nSPS) is 14.6. The number of fused-ring (bicyclic) bond motifs is 1.